The molecular formula is C36H28OP3+. The van der Waals surface area contributed by atoms with E-state index in [1.165, 1.54) is 21.2 Å². The van der Waals surface area contributed by atoms with Crippen LogP contribution in [0.2, 0.25) is 0 Å². The van der Waals surface area contributed by atoms with Crippen LogP contribution in [0.1, 0.15) is 0 Å². The number of benzene rings is 6. The summed E-state index contributed by atoms with van der Waals surface area (Å²) in [5.41, 5.74) is 0. The second-order valence-electron chi connectivity index (χ2n) is 9.28. The van der Waals surface area contributed by atoms with Gasteiger partial charge >= 0.3 is 7.80 Å². The highest BCUT2D eigenvalue weighted by Gasteiger charge is 2.35. The largest absolute Gasteiger partial charge is 0.416 e. The van der Waals surface area contributed by atoms with Gasteiger partial charge in [-0.2, -0.15) is 0 Å². The quantitative estimate of drug-likeness (QED) is 0.206. The Kier molecular flexibility index (Phi) is 8.37. The summed E-state index contributed by atoms with van der Waals surface area (Å²) in [4.78, 5) is 0. The van der Waals surface area contributed by atoms with Crippen LogP contribution in [0.5, 0.6) is 0 Å². The average molecular weight is 570 g/mol. The highest BCUT2D eigenvalue weighted by atomic mass is 31.1. The molecule has 0 N–H and O–H groups in total. The fraction of sp³-hybridized carbons (Fsp3) is 0. The first-order chi connectivity index (χ1) is 19.8. The molecule has 0 aliphatic rings. The van der Waals surface area contributed by atoms with Crippen molar-refractivity contribution in [2.24, 2.45) is 0 Å². The van der Waals surface area contributed by atoms with Gasteiger partial charge in [0.2, 0.25) is 10.6 Å². The van der Waals surface area contributed by atoms with Gasteiger partial charge in [0.25, 0.3) is 0 Å². The van der Waals surface area contributed by atoms with E-state index in [1.54, 1.807) is 0 Å². The Hall–Kier alpha value is -3.72. The van der Waals surface area contributed by atoms with Crippen LogP contribution in [-0.2, 0) is 4.57 Å². The Morgan fingerprint density at radius 1 is 0.325 bits per heavy atom. The van der Waals surface area contributed by atoms with Gasteiger partial charge in [0, 0.05) is 10.6 Å². The predicted molar refractivity (Wildman–Crippen MR) is 177 cm³/mol. The van der Waals surface area contributed by atoms with E-state index in [4.69, 9.17) is 0 Å². The molecule has 0 heterocycles. The molecule has 0 fully saturated rings. The van der Waals surface area contributed by atoms with Crippen LogP contribution in [0.25, 0.3) is 0 Å². The lowest BCUT2D eigenvalue weighted by molar-refractivity contribution is 0.598. The molecular weight excluding hydrogens is 541 g/mol. The fourth-order valence-corrected chi connectivity index (χ4v) is 12.0. The molecule has 0 atom stereocenters. The number of hydrogen-bond acceptors (Lipinski definition) is 1. The average Bonchev–Trinajstić information content (AvgIpc) is 3.04. The Bertz CT molecular complexity index is 1500. The van der Waals surface area contributed by atoms with Crippen molar-refractivity contribution in [3.05, 3.63) is 170 Å². The van der Waals surface area contributed by atoms with Crippen molar-refractivity contribution in [1.29, 1.82) is 0 Å². The van der Waals surface area contributed by atoms with E-state index in [0.717, 1.165) is 21.2 Å². The fourth-order valence-electron chi connectivity index (χ4n) is 4.94. The van der Waals surface area contributed by atoms with Crippen molar-refractivity contribution in [1.82, 2.24) is 0 Å². The molecule has 40 heavy (non-hydrogen) atoms. The van der Waals surface area contributed by atoms with Gasteiger partial charge in [-0.1, -0.05) is 150 Å². The summed E-state index contributed by atoms with van der Waals surface area (Å²) in [7, 11) is -3.62. The zero-order chi connectivity index (χ0) is 27.1. The zero-order valence-corrected chi connectivity index (χ0v) is 24.6. The summed E-state index contributed by atoms with van der Waals surface area (Å²) in [6.45, 7) is 0. The summed E-state index contributed by atoms with van der Waals surface area (Å²) >= 11 is 0. The van der Waals surface area contributed by atoms with E-state index in [-0.39, 0.29) is 0 Å². The van der Waals surface area contributed by atoms with Gasteiger partial charge in [-0.05, 0) is 61.3 Å². The van der Waals surface area contributed by atoms with Gasteiger partial charge in [0.05, 0.1) is 0 Å². The van der Waals surface area contributed by atoms with Gasteiger partial charge in [-0.15, -0.1) is 0 Å². The van der Waals surface area contributed by atoms with E-state index in [2.05, 4.69) is 158 Å². The smallest absolute Gasteiger partial charge is 0.0622 e. The topological polar surface area (TPSA) is 17.1 Å². The third-order valence-corrected chi connectivity index (χ3v) is 13.8. The molecule has 0 aliphatic heterocycles. The minimum Gasteiger partial charge on any atom is -0.0622 e. The lowest BCUT2D eigenvalue weighted by Gasteiger charge is -2.20. The molecule has 0 radical (unpaired) electrons. The van der Waals surface area contributed by atoms with Gasteiger partial charge in [0.15, 0.2) is 0 Å². The Balaban J connectivity index is 1.51. The maximum Gasteiger partial charge on any atom is 0.416 e. The highest BCUT2D eigenvalue weighted by molar-refractivity contribution is 7.83. The van der Waals surface area contributed by atoms with Crippen LogP contribution < -0.4 is 42.4 Å². The molecule has 0 unspecified atom stereocenters. The van der Waals surface area contributed by atoms with Gasteiger partial charge in [0.1, 0.15) is 0 Å². The molecule has 1 nitrogen and oxygen atoms in total. The van der Waals surface area contributed by atoms with Crippen molar-refractivity contribution in [3.8, 4) is 0 Å². The molecule has 6 rings (SSSR count). The first-order valence-corrected chi connectivity index (χ1v) is 17.2. The molecule has 6 aromatic carbocycles. The number of rotatable bonds is 8. The molecule has 4 heteroatoms. The molecule has 0 amide bonds. The second-order valence-corrected chi connectivity index (χ2v) is 15.2. The lowest BCUT2D eigenvalue weighted by atomic mass is 10.3. The molecule has 0 saturated heterocycles. The molecule has 6 aromatic rings. The normalized spacial score (nSPS) is 11.1. The monoisotopic (exact) mass is 569 g/mol. The molecule has 0 aromatic heterocycles. The SMILES string of the molecule is O=[P+](c1ccccc1P(c1ccccc1)c1ccccc1)c1ccccc1P(c1ccccc1)c1ccccc1. The summed E-state index contributed by atoms with van der Waals surface area (Å²) < 4.78 is 14.8. The van der Waals surface area contributed by atoms with Crippen molar-refractivity contribution < 1.29 is 4.57 Å². The first kappa shape index (κ1) is 26.5. The zero-order valence-electron chi connectivity index (χ0n) is 21.9. The summed E-state index contributed by atoms with van der Waals surface area (Å²) in [6, 6.07) is 59.2. The minimum absolute atomic E-state index is 0.881. The van der Waals surface area contributed by atoms with E-state index in [9.17, 15) is 4.57 Å². The maximum atomic E-state index is 14.8. The van der Waals surface area contributed by atoms with Gasteiger partial charge < -0.3 is 0 Å². The van der Waals surface area contributed by atoms with Crippen LogP contribution in [0, 0.1) is 0 Å². The highest BCUT2D eigenvalue weighted by Crippen LogP contribution is 2.37. The standard InChI is InChI=1S/C36H28OP3/c37-40(35-27-15-13-25-33(35)38(29-17-5-1-6-18-29)30-19-7-2-8-20-30)36-28-16-14-26-34(36)39(31-21-9-3-10-22-31)32-23-11-4-12-24-32/h1-28H/q+1. The van der Waals surface area contributed by atoms with Crippen LogP contribution >= 0.6 is 23.6 Å². The summed E-state index contributed by atoms with van der Waals surface area (Å²) in [5.74, 6) is 0. The van der Waals surface area contributed by atoms with E-state index in [0.29, 0.717) is 0 Å². The van der Waals surface area contributed by atoms with E-state index in [1.807, 2.05) is 12.1 Å². The molecule has 0 bridgehead atoms. The Morgan fingerprint density at radius 2 is 0.575 bits per heavy atom. The molecule has 0 spiro atoms. The van der Waals surface area contributed by atoms with Crippen LogP contribution in [0.3, 0.4) is 0 Å². The van der Waals surface area contributed by atoms with E-state index < -0.39 is 23.6 Å². The van der Waals surface area contributed by atoms with Crippen molar-refractivity contribution in [3.63, 3.8) is 0 Å². The first-order valence-electron chi connectivity index (χ1n) is 13.3. The maximum absolute atomic E-state index is 14.8. The van der Waals surface area contributed by atoms with Crippen LogP contribution in [0.4, 0.5) is 0 Å². The van der Waals surface area contributed by atoms with Crippen LogP contribution in [-0.4, -0.2) is 0 Å². The summed E-state index contributed by atoms with van der Waals surface area (Å²) in [6.07, 6.45) is 0. The van der Waals surface area contributed by atoms with Crippen molar-refractivity contribution in [2.75, 3.05) is 0 Å². The van der Waals surface area contributed by atoms with Crippen LogP contribution in [0.15, 0.2) is 170 Å². The number of hydrogen-bond donors (Lipinski definition) is 0. The minimum atomic E-state index is -1.86. The van der Waals surface area contributed by atoms with E-state index >= 15 is 0 Å². The molecule has 0 saturated carbocycles. The van der Waals surface area contributed by atoms with Gasteiger partial charge in [-0.3, -0.25) is 0 Å². The lowest BCUT2D eigenvalue weighted by Crippen LogP contribution is -2.34. The third-order valence-electron chi connectivity index (χ3n) is 6.74. The predicted octanol–water partition coefficient (Wildman–Crippen LogP) is 5.98. The third kappa shape index (κ3) is 5.61. The van der Waals surface area contributed by atoms with Gasteiger partial charge in [-0.25, -0.2) is 0 Å². The summed E-state index contributed by atoms with van der Waals surface area (Å²) in [5, 5.41) is 9.14. The second kappa shape index (κ2) is 12.6. The van der Waals surface area contributed by atoms with Crippen molar-refractivity contribution >= 4 is 66.1 Å². The Morgan fingerprint density at radius 3 is 0.875 bits per heavy atom. The Labute approximate surface area is 239 Å². The van der Waals surface area contributed by atoms with Crippen molar-refractivity contribution in [2.45, 2.75) is 0 Å². The molecule has 0 aliphatic carbocycles. The molecule has 192 valence electrons.